The van der Waals surface area contributed by atoms with Crippen molar-refractivity contribution in [2.24, 2.45) is 0 Å². The van der Waals surface area contributed by atoms with E-state index in [1.54, 1.807) is 52.3 Å². The molecule has 0 N–H and O–H groups in total. The highest BCUT2D eigenvalue weighted by molar-refractivity contribution is 6.32. The number of hydrogen-bond donors (Lipinski definition) is 0. The van der Waals surface area contributed by atoms with Crippen molar-refractivity contribution in [1.82, 2.24) is 8.80 Å². The van der Waals surface area contributed by atoms with Crippen molar-refractivity contribution in [2.75, 3.05) is 9.80 Å². The molecule has 4 nitrogen and oxygen atoms in total. The fourth-order valence-corrected chi connectivity index (χ4v) is 11.3. The van der Waals surface area contributed by atoms with E-state index in [2.05, 4.69) is 0 Å². The minimum absolute atomic E-state index is 0.0629. The van der Waals surface area contributed by atoms with E-state index in [4.69, 9.17) is 12.3 Å². The Balaban J connectivity index is 1.17. The maximum Gasteiger partial charge on any atom is 0.0653 e. The van der Waals surface area contributed by atoms with Gasteiger partial charge in [0.1, 0.15) is 0 Å². The predicted octanol–water partition coefficient (Wildman–Crippen LogP) is 20.9. The summed E-state index contributed by atoms with van der Waals surface area (Å²) in [6.45, 7) is -6.62. The Morgan fingerprint density at radius 2 is 0.692 bits per heavy atom. The molecule has 15 aromatic rings. The van der Waals surface area contributed by atoms with Crippen molar-refractivity contribution in [3.8, 4) is 22.3 Å². The van der Waals surface area contributed by atoms with Gasteiger partial charge in [0.15, 0.2) is 0 Å². The largest absolute Gasteiger partial charge is 0.310 e. The first-order valence-corrected chi connectivity index (χ1v) is 25.7. The first kappa shape index (κ1) is 29.2. The van der Waals surface area contributed by atoms with Gasteiger partial charge in [-0.3, -0.25) is 0 Å². The zero-order valence-corrected chi connectivity index (χ0v) is 42.5. The third-order valence-electron chi connectivity index (χ3n) is 15.0. The van der Waals surface area contributed by atoms with Gasteiger partial charge >= 0.3 is 0 Å². The minimum Gasteiger partial charge on any atom is -0.310 e. The highest BCUT2D eigenvalue weighted by Gasteiger charge is 2.30. The Kier molecular flexibility index (Phi) is 6.39. The number of benzene rings is 11. The molecule has 4 heterocycles. The second kappa shape index (κ2) is 17.1. The van der Waals surface area contributed by atoms with Gasteiger partial charge in [-0.1, -0.05) is 187 Å². The maximum atomic E-state index is 10.9. The quantitative estimate of drug-likeness (QED) is 0.151. The highest BCUT2D eigenvalue weighted by atomic mass is 15.2. The molecule has 0 unspecified atom stereocenters. The molecule has 0 radical (unpaired) electrons. The standard InChI is InChI=1S/C74H58N4/c1-73(2,3)51-31-39-63-61(43-51)69-65(75(53-23-15-9-16-24-53)55-33-27-49(28-34-55)47-19-11-7-12-20-47)41-37-57-59-46-68-60(45-67(59)77(63)71(57)69)58-38-42-66(70-62-44-52(74(4,5)6)32-40-64(62)78(68)72(58)70)76(54-25-17-10-18-26-54)56-35-29-50(30-36-56)48-21-13-8-14-22-48/h7-46H,1-6H3/i1D3,2D3,3D3,31D,32D,37D,38D,39D,40D,41D,42D,43D,44D,45D,46D. The average molecular weight is 1020 g/mol. The van der Waals surface area contributed by atoms with Crippen molar-refractivity contribution in [1.29, 1.82) is 0 Å². The number of para-hydroxylation sites is 2. The summed E-state index contributed by atoms with van der Waals surface area (Å²) in [5, 5.41) is -1.20. The lowest BCUT2D eigenvalue weighted by atomic mass is 9.86. The predicted molar refractivity (Wildman–Crippen MR) is 333 cm³/mol. The summed E-state index contributed by atoms with van der Waals surface area (Å²) >= 11 is 0. The Bertz CT molecular complexity index is 5810. The molecule has 4 aromatic heterocycles. The Hall–Kier alpha value is -9.38. The van der Waals surface area contributed by atoms with Gasteiger partial charge in [-0.05, 0) is 141 Å². The molecule has 15 rings (SSSR count). The summed E-state index contributed by atoms with van der Waals surface area (Å²) in [6.07, 6.45) is 0. The molecule has 0 aliphatic rings. The van der Waals surface area contributed by atoms with E-state index in [0.717, 1.165) is 22.3 Å². The van der Waals surface area contributed by atoms with Crippen LogP contribution in [0.1, 0.15) is 81.2 Å². The molecule has 0 bridgehead atoms. The molecule has 374 valence electrons. The topological polar surface area (TPSA) is 15.3 Å². The van der Waals surface area contributed by atoms with Gasteiger partial charge in [0.2, 0.25) is 0 Å². The summed E-state index contributed by atoms with van der Waals surface area (Å²) in [7, 11) is 0. The average Bonchev–Trinajstić information content (AvgIpc) is 1.52. The van der Waals surface area contributed by atoms with Crippen LogP contribution in [0.25, 0.3) is 98.4 Å². The van der Waals surface area contributed by atoms with Crippen LogP contribution in [0.4, 0.5) is 34.1 Å². The second-order valence-electron chi connectivity index (χ2n) is 20.9. The van der Waals surface area contributed by atoms with Gasteiger partial charge < -0.3 is 18.6 Å². The van der Waals surface area contributed by atoms with E-state index < -0.39 is 102 Å². The van der Waals surface area contributed by atoms with Gasteiger partial charge in [-0.25, -0.2) is 0 Å². The molecule has 0 saturated heterocycles. The van der Waals surface area contributed by atoms with Crippen molar-refractivity contribution < 1.29 is 28.8 Å². The van der Waals surface area contributed by atoms with Gasteiger partial charge in [0.25, 0.3) is 0 Å². The van der Waals surface area contributed by atoms with Crippen LogP contribution in [0.3, 0.4) is 0 Å². The first-order chi connectivity index (χ1) is 46.8. The minimum atomic E-state index is -4.03. The number of rotatable bonds is 8. The van der Waals surface area contributed by atoms with Crippen LogP contribution in [0, 0.1) is 0 Å². The fraction of sp³-hybridized carbons (Fsp3) is 0.108. The molecule has 4 heteroatoms. The zero-order chi connectivity index (χ0) is 70.5. The SMILES string of the molecule is [2H]c1c([2H])c2c3c([2H])c4c(c([2H])c3n3c5c([2H])c([2H])c(C(C)(C)C)c([2H])c5c(c1N(c1ccccc1)c1ccc(-c5ccccc5)cc1)c23)c1c([2H])c([2H])c(N(c2ccccc2)c2ccc(-c3ccccc3)cc2)c2c3c([2H])c(C(C([2H])([2H])[2H])(C([2H])([2H])[2H])C([2H])([2H])[2H])c([2H])c([2H])c3n4c12. The lowest BCUT2D eigenvalue weighted by Crippen LogP contribution is -2.11. The highest BCUT2D eigenvalue weighted by Crippen LogP contribution is 2.52. The summed E-state index contributed by atoms with van der Waals surface area (Å²) < 4.78 is 207. The lowest BCUT2D eigenvalue weighted by Gasteiger charge is -2.27. The molecule has 0 atom stereocenters. The molecule has 0 fully saturated rings. The van der Waals surface area contributed by atoms with Crippen molar-refractivity contribution in [3.63, 3.8) is 0 Å². The summed E-state index contributed by atoms with van der Waals surface area (Å²) in [5.41, 5.74) is -2.00. The lowest BCUT2D eigenvalue weighted by molar-refractivity contribution is 0.591. The molecular formula is C74H58N4. The van der Waals surface area contributed by atoms with Crippen LogP contribution in [-0.4, -0.2) is 8.80 Å². The Labute approximate surface area is 484 Å². The first-order valence-electron chi connectivity index (χ1n) is 36.2. The molecule has 78 heavy (non-hydrogen) atoms. The Morgan fingerprint density at radius 3 is 1.08 bits per heavy atom. The van der Waals surface area contributed by atoms with E-state index in [9.17, 15) is 16.4 Å². The van der Waals surface area contributed by atoms with Crippen LogP contribution in [0.2, 0.25) is 0 Å². The molecular weight excluding hydrogens is 945 g/mol. The molecule has 0 saturated carbocycles. The van der Waals surface area contributed by atoms with Crippen molar-refractivity contribution in [2.45, 2.75) is 52.2 Å². The van der Waals surface area contributed by atoms with Crippen molar-refractivity contribution in [3.05, 3.63) is 253 Å². The number of hydrogen-bond acceptors (Lipinski definition) is 2. The fourth-order valence-electron chi connectivity index (χ4n) is 11.3. The van der Waals surface area contributed by atoms with Gasteiger partial charge in [-0.15, -0.1) is 0 Å². The van der Waals surface area contributed by atoms with Crippen LogP contribution in [-0.2, 0) is 10.8 Å². The van der Waals surface area contributed by atoms with Gasteiger partial charge in [0, 0.05) is 78.2 Å². The van der Waals surface area contributed by atoms with E-state index in [-0.39, 0.29) is 100 Å². The van der Waals surface area contributed by atoms with Crippen LogP contribution in [0.15, 0.2) is 242 Å². The van der Waals surface area contributed by atoms with E-state index in [1.807, 2.05) is 148 Å². The molecule has 0 spiro atoms. The monoisotopic (exact) mass is 1020 g/mol. The number of nitrogens with zero attached hydrogens (tertiary/aromatic N) is 4. The van der Waals surface area contributed by atoms with E-state index in [0.29, 0.717) is 22.7 Å². The summed E-state index contributed by atoms with van der Waals surface area (Å²) in [6, 6.07) is 44.2. The normalized spacial score (nSPS) is 16.8. The summed E-state index contributed by atoms with van der Waals surface area (Å²) in [4.78, 5) is 3.37. The third-order valence-corrected chi connectivity index (χ3v) is 15.0. The van der Waals surface area contributed by atoms with Gasteiger partial charge in [0.05, 0.1) is 60.9 Å². The number of aromatic nitrogens is 2. The van der Waals surface area contributed by atoms with Crippen LogP contribution < -0.4 is 9.80 Å². The second-order valence-corrected chi connectivity index (χ2v) is 20.9. The maximum absolute atomic E-state index is 10.9. The smallest absolute Gasteiger partial charge is 0.0653 e. The summed E-state index contributed by atoms with van der Waals surface area (Å²) in [5.74, 6) is 0. The Morgan fingerprint density at radius 1 is 0.333 bits per heavy atom. The molecule has 11 aromatic carbocycles. The molecule has 0 aliphatic carbocycles. The number of anilines is 6. The number of fused-ring (bicyclic) bond motifs is 12. The van der Waals surface area contributed by atoms with Gasteiger partial charge in [-0.2, -0.15) is 0 Å². The molecule has 0 amide bonds. The van der Waals surface area contributed by atoms with E-state index in [1.165, 1.54) is 8.80 Å². The van der Waals surface area contributed by atoms with Crippen LogP contribution >= 0.6 is 0 Å². The third kappa shape index (κ3) is 6.99. The van der Waals surface area contributed by atoms with E-state index >= 15 is 0 Å². The van der Waals surface area contributed by atoms with Crippen molar-refractivity contribution >= 4 is 110 Å². The molecule has 0 aliphatic heterocycles. The van der Waals surface area contributed by atoms with Crippen LogP contribution in [0.5, 0.6) is 0 Å². The zero-order valence-electron chi connectivity index (χ0n) is 63.5.